The van der Waals surface area contributed by atoms with Crippen LogP contribution in [0.3, 0.4) is 0 Å². The Morgan fingerprint density at radius 1 is 1.38 bits per heavy atom. The SMILES string of the molecule is CCC1CN(CC2CC2)CCCN1. The quantitative estimate of drug-likeness (QED) is 0.711. The van der Waals surface area contributed by atoms with Gasteiger partial charge in [-0.15, -0.1) is 0 Å². The van der Waals surface area contributed by atoms with Crippen molar-refractivity contribution in [3.63, 3.8) is 0 Å². The third-order valence-corrected chi connectivity index (χ3v) is 3.27. The molecule has 0 aromatic heterocycles. The molecule has 2 rings (SSSR count). The molecule has 0 radical (unpaired) electrons. The van der Waals surface area contributed by atoms with Gasteiger partial charge in [-0.25, -0.2) is 0 Å². The zero-order chi connectivity index (χ0) is 9.10. The summed E-state index contributed by atoms with van der Waals surface area (Å²) in [7, 11) is 0. The second-order valence-electron chi connectivity index (χ2n) is 4.62. The van der Waals surface area contributed by atoms with Crippen molar-refractivity contribution in [3.8, 4) is 0 Å². The molecule has 0 aromatic rings. The van der Waals surface area contributed by atoms with E-state index in [4.69, 9.17) is 0 Å². The van der Waals surface area contributed by atoms with E-state index >= 15 is 0 Å². The average Bonchev–Trinajstić information content (AvgIpc) is 2.93. The standard InChI is InChI=1S/C11H22N2/c1-2-11-9-13(7-3-6-12-11)8-10-4-5-10/h10-12H,2-9H2,1H3. The molecule has 1 aliphatic carbocycles. The van der Waals surface area contributed by atoms with Gasteiger partial charge in [-0.3, -0.25) is 0 Å². The van der Waals surface area contributed by atoms with Crippen LogP contribution in [0.25, 0.3) is 0 Å². The lowest BCUT2D eigenvalue weighted by Crippen LogP contribution is -2.37. The van der Waals surface area contributed by atoms with Crippen LogP contribution in [0.15, 0.2) is 0 Å². The molecule has 2 heteroatoms. The minimum atomic E-state index is 0.751. The van der Waals surface area contributed by atoms with E-state index in [0.717, 1.165) is 12.0 Å². The maximum atomic E-state index is 3.61. The lowest BCUT2D eigenvalue weighted by atomic mass is 10.2. The highest BCUT2D eigenvalue weighted by Gasteiger charge is 2.25. The lowest BCUT2D eigenvalue weighted by Gasteiger charge is -2.23. The molecule has 0 aromatic carbocycles. The van der Waals surface area contributed by atoms with Gasteiger partial charge >= 0.3 is 0 Å². The van der Waals surface area contributed by atoms with Crippen molar-refractivity contribution in [2.24, 2.45) is 5.92 Å². The predicted molar refractivity (Wildman–Crippen MR) is 55.9 cm³/mol. The zero-order valence-electron chi connectivity index (χ0n) is 8.76. The fraction of sp³-hybridized carbons (Fsp3) is 1.00. The predicted octanol–water partition coefficient (Wildman–Crippen LogP) is 1.47. The molecule has 2 fully saturated rings. The van der Waals surface area contributed by atoms with Crippen LogP contribution >= 0.6 is 0 Å². The first-order chi connectivity index (χ1) is 6.38. The molecule has 1 atom stereocenters. The van der Waals surface area contributed by atoms with Crippen LogP contribution < -0.4 is 5.32 Å². The van der Waals surface area contributed by atoms with Crippen molar-refractivity contribution >= 4 is 0 Å². The number of nitrogens with zero attached hydrogens (tertiary/aromatic N) is 1. The Kier molecular flexibility index (Phi) is 3.23. The maximum Gasteiger partial charge on any atom is 0.0192 e. The Bertz CT molecular complexity index is 154. The molecule has 2 nitrogen and oxygen atoms in total. The highest BCUT2D eigenvalue weighted by atomic mass is 15.2. The molecule has 1 N–H and O–H groups in total. The van der Waals surface area contributed by atoms with Gasteiger partial charge in [0.2, 0.25) is 0 Å². The highest BCUT2D eigenvalue weighted by molar-refractivity contribution is 4.81. The molecule has 1 aliphatic heterocycles. The van der Waals surface area contributed by atoms with Crippen molar-refractivity contribution in [3.05, 3.63) is 0 Å². The Hall–Kier alpha value is -0.0800. The smallest absolute Gasteiger partial charge is 0.0192 e. The molecule has 76 valence electrons. The second-order valence-corrected chi connectivity index (χ2v) is 4.62. The third kappa shape index (κ3) is 2.96. The van der Waals surface area contributed by atoms with Gasteiger partial charge in [0.15, 0.2) is 0 Å². The van der Waals surface area contributed by atoms with E-state index in [2.05, 4.69) is 17.1 Å². The Balaban J connectivity index is 1.78. The second kappa shape index (κ2) is 4.43. The topological polar surface area (TPSA) is 15.3 Å². The molecule has 0 bridgehead atoms. The fourth-order valence-electron chi connectivity index (χ4n) is 2.18. The molecule has 2 aliphatic rings. The van der Waals surface area contributed by atoms with Crippen molar-refractivity contribution in [2.75, 3.05) is 26.2 Å². The molecule has 0 spiro atoms. The summed E-state index contributed by atoms with van der Waals surface area (Å²) in [5.41, 5.74) is 0. The van der Waals surface area contributed by atoms with Crippen LogP contribution in [0.2, 0.25) is 0 Å². The first-order valence-corrected chi connectivity index (χ1v) is 5.84. The summed E-state index contributed by atoms with van der Waals surface area (Å²) in [5, 5.41) is 3.61. The van der Waals surface area contributed by atoms with Gasteiger partial charge in [0.1, 0.15) is 0 Å². The van der Waals surface area contributed by atoms with Gasteiger partial charge in [0.05, 0.1) is 0 Å². The fourth-order valence-corrected chi connectivity index (χ4v) is 2.18. The summed E-state index contributed by atoms with van der Waals surface area (Å²) < 4.78 is 0. The van der Waals surface area contributed by atoms with Gasteiger partial charge in [-0.05, 0) is 44.7 Å². The summed E-state index contributed by atoms with van der Waals surface area (Å²) in [4.78, 5) is 2.67. The van der Waals surface area contributed by atoms with E-state index in [0.29, 0.717) is 0 Å². The molecular formula is C11H22N2. The van der Waals surface area contributed by atoms with E-state index in [9.17, 15) is 0 Å². The Labute approximate surface area is 81.7 Å². The summed E-state index contributed by atoms with van der Waals surface area (Å²) in [6.45, 7) is 7.49. The van der Waals surface area contributed by atoms with Crippen molar-refractivity contribution in [2.45, 2.75) is 38.6 Å². The van der Waals surface area contributed by atoms with Crippen LogP contribution in [0, 0.1) is 5.92 Å². The third-order valence-electron chi connectivity index (χ3n) is 3.27. The molecule has 1 heterocycles. The van der Waals surface area contributed by atoms with Crippen LogP contribution in [-0.4, -0.2) is 37.1 Å². The maximum absolute atomic E-state index is 3.61. The summed E-state index contributed by atoms with van der Waals surface area (Å²) in [6.07, 6.45) is 5.59. The first-order valence-electron chi connectivity index (χ1n) is 5.84. The molecule has 1 saturated carbocycles. The number of hydrogen-bond acceptors (Lipinski definition) is 2. The minimum absolute atomic E-state index is 0.751. The lowest BCUT2D eigenvalue weighted by molar-refractivity contribution is 0.255. The zero-order valence-corrected chi connectivity index (χ0v) is 8.76. The van der Waals surface area contributed by atoms with E-state index in [1.165, 1.54) is 51.9 Å². The summed E-state index contributed by atoms with van der Waals surface area (Å²) >= 11 is 0. The number of nitrogens with one attached hydrogen (secondary N) is 1. The van der Waals surface area contributed by atoms with E-state index in [-0.39, 0.29) is 0 Å². The van der Waals surface area contributed by atoms with Crippen LogP contribution in [0.1, 0.15) is 32.6 Å². The average molecular weight is 182 g/mol. The van der Waals surface area contributed by atoms with Crippen molar-refractivity contribution in [1.82, 2.24) is 10.2 Å². The van der Waals surface area contributed by atoms with E-state index < -0.39 is 0 Å². The monoisotopic (exact) mass is 182 g/mol. The molecule has 13 heavy (non-hydrogen) atoms. The number of hydrogen-bond donors (Lipinski definition) is 1. The van der Waals surface area contributed by atoms with Gasteiger partial charge in [-0.2, -0.15) is 0 Å². The Morgan fingerprint density at radius 3 is 2.92 bits per heavy atom. The van der Waals surface area contributed by atoms with Gasteiger partial charge < -0.3 is 10.2 Å². The van der Waals surface area contributed by atoms with Crippen LogP contribution in [0.5, 0.6) is 0 Å². The molecule has 0 amide bonds. The molecule has 1 unspecified atom stereocenters. The van der Waals surface area contributed by atoms with Crippen molar-refractivity contribution in [1.29, 1.82) is 0 Å². The first kappa shape index (κ1) is 9.47. The molecule has 1 saturated heterocycles. The van der Waals surface area contributed by atoms with Gasteiger partial charge in [0.25, 0.3) is 0 Å². The molecular weight excluding hydrogens is 160 g/mol. The van der Waals surface area contributed by atoms with Gasteiger partial charge in [0, 0.05) is 19.1 Å². The largest absolute Gasteiger partial charge is 0.313 e. The van der Waals surface area contributed by atoms with Crippen LogP contribution in [0.4, 0.5) is 0 Å². The van der Waals surface area contributed by atoms with E-state index in [1.54, 1.807) is 0 Å². The number of rotatable bonds is 3. The highest BCUT2D eigenvalue weighted by Crippen LogP contribution is 2.29. The minimum Gasteiger partial charge on any atom is -0.313 e. The summed E-state index contributed by atoms with van der Waals surface area (Å²) in [6, 6.07) is 0.751. The van der Waals surface area contributed by atoms with Crippen LogP contribution in [-0.2, 0) is 0 Å². The van der Waals surface area contributed by atoms with Crippen molar-refractivity contribution < 1.29 is 0 Å². The van der Waals surface area contributed by atoms with Gasteiger partial charge in [-0.1, -0.05) is 6.92 Å². The Morgan fingerprint density at radius 2 is 2.23 bits per heavy atom. The summed E-state index contributed by atoms with van der Waals surface area (Å²) in [5.74, 6) is 1.05. The normalized spacial score (nSPS) is 31.6. The van der Waals surface area contributed by atoms with E-state index in [1.807, 2.05) is 0 Å².